The lowest BCUT2D eigenvalue weighted by molar-refractivity contribution is -0.139. The van der Waals surface area contributed by atoms with Crippen molar-refractivity contribution in [1.82, 2.24) is 5.32 Å². The summed E-state index contributed by atoms with van der Waals surface area (Å²) in [7, 11) is 0. The summed E-state index contributed by atoms with van der Waals surface area (Å²) in [6.45, 7) is 3.81. The molecule has 0 unspecified atom stereocenters. The van der Waals surface area contributed by atoms with Crippen LogP contribution in [-0.4, -0.2) is 23.0 Å². The second-order valence-corrected chi connectivity index (χ2v) is 6.27. The summed E-state index contributed by atoms with van der Waals surface area (Å²) >= 11 is 8.07. The SMILES string of the molecule is CC(C)C[C@H](NC(=O)c1ccc(I)cc1Cl)C(=O)O. The molecule has 0 spiro atoms. The second kappa shape index (κ2) is 7.09. The molecular weight excluding hydrogens is 381 g/mol. The smallest absolute Gasteiger partial charge is 0.326 e. The van der Waals surface area contributed by atoms with Crippen LogP contribution in [0.5, 0.6) is 0 Å². The second-order valence-electron chi connectivity index (χ2n) is 4.62. The number of halogens is 2. The Morgan fingerprint density at radius 2 is 2.05 bits per heavy atom. The average molecular weight is 396 g/mol. The van der Waals surface area contributed by atoms with Crippen molar-refractivity contribution >= 4 is 46.1 Å². The Kier molecular flexibility index (Phi) is 6.06. The summed E-state index contributed by atoms with van der Waals surface area (Å²) in [5.74, 6) is -1.33. The fourth-order valence-electron chi connectivity index (χ4n) is 1.60. The monoisotopic (exact) mass is 395 g/mol. The number of hydrogen-bond donors (Lipinski definition) is 2. The van der Waals surface area contributed by atoms with E-state index in [4.69, 9.17) is 16.7 Å². The Hall–Kier alpha value is -0.820. The molecule has 19 heavy (non-hydrogen) atoms. The molecule has 1 rings (SSSR count). The maximum atomic E-state index is 12.0. The van der Waals surface area contributed by atoms with E-state index in [1.807, 2.05) is 13.8 Å². The number of benzene rings is 1. The van der Waals surface area contributed by atoms with E-state index in [0.29, 0.717) is 11.4 Å². The van der Waals surface area contributed by atoms with Gasteiger partial charge in [-0.3, -0.25) is 4.79 Å². The molecule has 0 radical (unpaired) electrons. The maximum absolute atomic E-state index is 12.0. The molecule has 0 aliphatic carbocycles. The minimum absolute atomic E-state index is 0.175. The van der Waals surface area contributed by atoms with E-state index in [1.165, 1.54) is 0 Å². The molecule has 1 aromatic rings. The van der Waals surface area contributed by atoms with Gasteiger partial charge in [-0.15, -0.1) is 0 Å². The molecule has 104 valence electrons. The van der Waals surface area contributed by atoms with Crippen LogP contribution in [0.15, 0.2) is 18.2 Å². The van der Waals surface area contributed by atoms with Crippen LogP contribution in [0.1, 0.15) is 30.6 Å². The van der Waals surface area contributed by atoms with Gasteiger partial charge in [0.15, 0.2) is 0 Å². The fraction of sp³-hybridized carbons (Fsp3) is 0.385. The van der Waals surface area contributed by atoms with Gasteiger partial charge < -0.3 is 10.4 Å². The van der Waals surface area contributed by atoms with Crippen LogP contribution in [0.3, 0.4) is 0 Å². The third-order valence-electron chi connectivity index (χ3n) is 2.49. The quantitative estimate of drug-likeness (QED) is 0.753. The third-order valence-corrected chi connectivity index (χ3v) is 3.47. The highest BCUT2D eigenvalue weighted by Gasteiger charge is 2.22. The molecule has 0 fully saturated rings. The number of hydrogen-bond acceptors (Lipinski definition) is 2. The van der Waals surface area contributed by atoms with Crippen molar-refractivity contribution < 1.29 is 14.7 Å². The highest BCUT2D eigenvalue weighted by atomic mass is 127. The Bertz CT molecular complexity index is 491. The molecule has 0 heterocycles. The van der Waals surface area contributed by atoms with Gasteiger partial charge in [0, 0.05) is 3.57 Å². The molecule has 0 aliphatic rings. The third kappa shape index (κ3) is 4.99. The van der Waals surface area contributed by atoms with Crippen molar-refractivity contribution in [1.29, 1.82) is 0 Å². The van der Waals surface area contributed by atoms with Crippen molar-refractivity contribution in [2.75, 3.05) is 0 Å². The van der Waals surface area contributed by atoms with Crippen molar-refractivity contribution in [2.45, 2.75) is 26.3 Å². The van der Waals surface area contributed by atoms with E-state index in [1.54, 1.807) is 18.2 Å². The first-order chi connectivity index (χ1) is 8.81. The molecule has 0 aliphatic heterocycles. The molecule has 6 heteroatoms. The topological polar surface area (TPSA) is 66.4 Å². The van der Waals surface area contributed by atoms with E-state index in [-0.39, 0.29) is 11.5 Å². The summed E-state index contributed by atoms with van der Waals surface area (Å²) < 4.78 is 0.913. The van der Waals surface area contributed by atoms with Gasteiger partial charge >= 0.3 is 5.97 Å². The highest BCUT2D eigenvalue weighted by molar-refractivity contribution is 14.1. The number of nitrogens with one attached hydrogen (secondary N) is 1. The predicted octanol–water partition coefficient (Wildman–Crippen LogP) is 3.17. The zero-order valence-corrected chi connectivity index (χ0v) is 13.5. The van der Waals surface area contributed by atoms with Crippen LogP contribution < -0.4 is 5.32 Å². The fourth-order valence-corrected chi connectivity index (χ4v) is 2.54. The van der Waals surface area contributed by atoms with Gasteiger partial charge in [-0.25, -0.2) is 4.79 Å². The summed E-state index contributed by atoms with van der Waals surface area (Å²) in [6, 6.07) is 4.10. The summed E-state index contributed by atoms with van der Waals surface area (Å²) in [5, 5.41) is 11.9. The average Bonchev–Trinajstić information content (AvgIpc) is 2.26. The van der Waals surface area contributed by atoms with Gasteiger partial charge in [-0.2, -0.15) is 0 Å². The molecule has 0 saturated heterocycles. The first kappa shape index (κ1) is 16.2. The van der Waals surface area contributed by atoms with Gasteiger partial charge in [0.2, 0.25) is 0 Å². The number of carboxylic acids is 1. The van der Waals surface area contributed by atoms with Crippen LogP contribution in [0.25, 0.3) is 0 Å². The highest BCUT2D eigenvalue weighted by Crippen LogP contribution is 2.19. The lowest BCUT2D eigenvalue weighted by Crippen LogP contribution is -2.41. The van der Waals surface area contributed by atoms with E-state index in [9.17, 15) is 9.59 Å². The Balaban J connectivity index is 2.84. The van der Waals surface area contributed by atoms with Gasteiger partial charge in [0.05, 0.1) is 10.6 Å². The molecule has 1 atom stereocenters. The van der Waals surface area contributed by atoms with Crippen molar-refractivity contribution in [3.05, 3.63) is 32.4 Å². The maximum Gasteiger partial charge on any atom is 0.326 e. The first-order valence-corrected chi connectivity index (χ1v) is 7.25. The van der Waals surface area contributed by atoms with Gasteiger partial charge in [0.1, 0.15) is 6.04 Å². The normalized spacial score (nSPS) is 12.3. The van der Waals surface area contributed by atoms with Crippen molar-refractivity contribution in [2.24, 2.45) is 5.92 Å². The van der Waals surface area contributed by atoms with E-state index >= 15 is 0 Å². The van der Waals surface area contributed by atoms with E-state index in [0.717, 1.165) is 3.57 Å². The van der Waals surface area contributed by atoms with Crippen molar-refractivity contribution in [3.8, 4) is 0 Å². The number of carbonyl (C=O) groups excluding carboxylic acids is 1. The number of carboxylic acid groups (broad SMARTS) is 1. The minimum atomic E-state index is -1.04. The molecular formula is C13H15ClINO3. The van der Waals surface area contributed by atoms with Gasteiger partial charge in [-0.1, -0.05) is 25.4 Å². The van der Waals surface area contributed by atoms with Gasteiger partial charge in [0.25, 0.3) is 5.91 Å². The van der Waals surface area contributed by atoms with Crippen LogP contribution in [0, 0.1) is 9.49 Å². The number of rotatable bonds is 5. The summed E-state index contributed by atoms with van der Waals surface area (Å²) in [5.41, 5.74) is 0.289. The summed E-state index contributed by atoms with van der Waals surface area (Å²) in [4.78, 5) is 23.1. The molecule has 1 aromatic carbocycles. The number of carbonyl (C=O) groups is 2. The Morgan fingerprint density at radius 3 is 2.53 bits per heavy atom. The molecule has 4 nitrogen and oxygen atoms in total. The Labute approximate surface area is 130 Å². The molecule has 0 aromatic heterocycles. The zero-order chi connectivity index (χ0) is 14.6. The van der Waals surface area contributed by atoms with Crippen LogP contribution in [0.2, 0.25) is 5.02 Å². The van der Waals surface area contributed by atoms with E-state index < -0.39 is 17.9 Å². The lowest BCUT2D eigenvalue weighted by atomic mass is 10.0. The summed E-state index contributed by atoms with van der Waals surface area (Å²) in [6.07, 6.45) is 0.378. The van der Waals surface area contributed by atoms with E-state index in [2.05, 4.69) is 27.9 Å². The zero-order valence-electron chi connectivity index (χ0n) is 10.6. The van der Waals surface area contributed by atoms with Crippen LogP contribution in [0.4, 0.5) is 0 Å². The first-order valence-electron chi connectivity index (χ1n) is 5.80. The molecule has 0 bridgehead atoms. The number of aliphatic carboxylic acids is 1. The lowest BCUT2D eigenvalue weighted by Gasteiger charge is -2.16. The number of amides is 1. The molecule has 1 amide bonds. The molecule has 2 N–H and O–H groups in total. The van der Waals surface area contributed by atoms with Crippen LogP contribution in [-0.2, 0) is 4.79 Å². The van der Waals surface area contributed by atoms with Crippen molar-refractivity contribution in [3.63, 3.8) is 0 Å². The Morgan fingerprint density at radius 1 is 1.42 bits per heavy atom. The van der Waals surface area contributed by atoms with Gasteiger partial charge in [-0.05, 0) is 53.1 Å². The largest absolute Gasteiger partial charge is 0.480 e. The predicted molar refractivity (Wildman–Crippen MR) is 82.5 cm³/mol. The van der Waals surface area contributed by atoms with Crippen LogP contribution >= 0.6 is 34.2 Å². The standard InChI is InChI=1S/C13H15ClINO3/c1-7(2)5-11(13(18)19)16-12(17)9-4-3-8(15)6-10(9)14/h3-4,6-7,11H,5H2,1-2H3,(H,16,17)(H,18,19)/t11-/m0/s1. The molecule has 0 saturated carbocycles. The minimum Gasteiger partial charge on any atom is -0.480 e.